The molecule has 112 valence electrons. The summed E-state index contributed by atoms with van der Waals surface area (Å²) in [6, 6.07) is 12.6. The molecule has 1 unspecified atom stereocenters. The quantitative estimate of drug-likeness (QED) is 0.612. The molecule has 0 aromatic heterocycles. The van der Waals surface area contributed by atoms with Gasteiger partial charge in [0.2, 0.25) is 9.76 Å². The maximum Gasteiger partial charge on any atom is 0.201 e. The fraction of sp³-hybridized carbons (Fsp3) is 0.250. The van der Waals surface area contributed by atoms with Crippen molar-refractivity contribution in [2.24, 2.45) is 0 Å². The van der Waals surface area contributed by atoms with Crippen molar-refractivity contribution in [3.8, 4) is 0 Å². The van der Waals surface area contributed by atoms with Crippen molar-refractivity contribution < 1.29 is 8.78 Å². The highest BCUT2D eigenvalue weighted by Crippen LogP contribution is 2.19. The molecular weight excluding hydrogens is 311 g/mol. The van der Waals surface area contributed by atoms with Crippen LogP contribution in [0.5, 0.6) is 0 Å². The molecule has 0 bridgehead atoms. The molecule has 0 heterocycles. The summed E-state index contributed by atoms with van der Waals surface area (Å²) in [4.78, 5) is 0. The maximum atomic E-state index is 12.3. The predicted octanol–water partition coefficient (Wildman–Crippen LogP) is 1.53. The van der Waals surface area contributed by atoms with Crippen molar-refractivity contribution >= 4 is 36.9 Å². The molecule has 2 aromatic carbocycles. The Bertz CT molecular complexity index is 671. The van der Waals surface area contributed by atoms with Crippen LogP contribution in [-0.2, 0) is 8.78 Å². The number of rotatable bonds is 5. The van der Waals surface area contributed by atoms with Crippen molar-refractivity contribution in [3.05, 3.63) is 58.7 Å². The SMILES string of the molecule is Cc1cccc([SiH2]O[PH](=O)[SiH2]c2cccc(C)c2C)c1C. The summed E-state index contributed by atoms with van der Waals surface area (Å²) in [7, 11) is -3.55. The van der Waals surface area contributed by atoms with Gasteiger partial charge in [0.25, 0.3) is 0 Å². The summed E-state index contributed by atoms with van der Waals surface area (Å²) in [5, 5.41) is 2.57. The lowest BCUT2D eigenvalue weighted by atomic mass is 10.1. The lowest BCUT2D eigenvalue weighted by molar-refractivity contribution is 0.535. The minimum Gasteiger partial charge on any atom is -0.378 e. The van der Waals surface area contributed by atoms with Gasteiger partial charge < -0.3 is 8.78 Å². The lowest BCUT2D eigenvalue weighted by Gasteiger charge is -2.10. The van der Waals surface area contributed by atoms with Crippen molar-refractivity contribution in [1.29, 1.82) is 0 Å². The first kappa shape index (κ1) is 16.4. The Labute approximate surface area is 132 Å². The predicted molar refractivity (Wildman–Crippen MR) is 98.3 cm³/mol. The van der Waals surface area contributed by atoms with Gasteiger partial charge >= 0.3 is 0 Å². The first-order valence-electron chi connectivity index (χ1n) is 7.25. The summed E-state index contributed by atoms with van der Waals surface area (Å²) >= 11 is 0. The van der Waals surface area contributed by atoms with E-state index < -0.39 is 26.5 Å². The third-order valence-corrected chi connectivity index (χ3v) is 12.4. The van der Waals surface area contributed by atoms with Gasteiger partial charge in [0.15, 0.2) is 16.8 Å². The highest BCUT2D eigenvalue weighted by Gasteiger charge is 2.09. The normalized spacial score (nSPS) is 13.5. The molecule has 0 fully saturated rings. The Hall–Kier alpha value is -0.936. The molecule has 0 N–H and O–H groups in total. The van der Waals surface area contributed by atoms with E-state index in [1.807, 2.05) is 0 Å². The van der Waals surface area contributed by atoms with Crippen LogP contribution in [0.4, 0.5) is 0 Å². The molecule has 0 aliphatic rings. The van der Waals surface area contributed by atoms with Gasteiger partial charge in [0, 0.05) is 0 Å². The van der Waals surface area contributed by atoms with E-state index >= 15 is 0 Å². The van der Waals surface area contributed by atoms with Crippen molar-refractivity contribution in [1.82, 2.24) is 0 Å². The van der Waals surface area contributed by atoms with Crippen LogP contribution in [0.2, 0.25) is 0 Å². The molecule has 0 saturated heterocycles. The third-order valence-electron chi connectivity index (χ3n) is 4.16. The highest BCUT2D eigenvalue weighted by molar-refractivity contribution is 7.75. The van der Waals surface area contributed by atoms with Crippen LogP contribution in [0, 0.1) is 27.7 Å². The van der Waals surface area contributed by atoms with Crippen LogP contribution in [0.1, 0.15) is 22.3 Å². The fourth-order valence-electron chi connectivity index (χ4n) is 2.34. The van der Waals surface area contributed by atoms with Crippen molar-refractivity contribution in [2.45, 2.75) is 27.7 Å². The molecular formula is C16H23O2PSi2. The summed E-state index contributed by atoms with van der Waals surface area (Å²) in [6.07, 6.45) is 0. The summed E-state index contributed by atoms with van der Waals surface area (Å²) in [5.74, 6) is 0. The monoisotopic (exact) mass is 334 g/mol. The van der Waals surface area contributed by atoms with E-state index in [1.54, 1.807) is 0 Å². The second-order valence-electron chi connectivity index (χ2n) is 5.56. The number of hydrogen-bond acceptors (Lipinski definition) is 2. The van der Waals surface area contributed by atoms with Gasteiger partial charge in [0.1, 0.15) is 0 Å². The van der Waals surface area contributed by atoms with Gasteiger partial charge in [0.05, 0.1) is 0 Å². The van der Waals surface area contributed by atoms with Gasteiger partial charge in [-0.2, -0.15) is 0 Å². The zero-order chi connectivity index (χ0) is 15.4. The smallest absolute Gasteiger partial charge is 0.201 e. The molecule has 5 heteroatoms. The molecule has 0 radical (unpaired) electrons. The first-order chi connectivity index (χ1) is 9.99. The largest absolute Gasteiger partial charge is 0.378 e. The van der Waals surface area contributed by atoms with Crippen LogP contribution >= 0.6 is 7.58 Å². The maximum absolute atomic E-state index is 12.3. The Morgan fingerprint density at radius 2 is 1.38 bits per heavy atom. The van der Waals surface area contributed by atoms with Gasteiger partial charge in [-0.3, -0.25) is 0 Å². The molecule has 2 nitrogen and oxygen atoms in total. The summed E-state index contributed by atoms with van der Waals surface area (Å²) in [6.45, 7) is 8.46. The Balaban J connectivity index is 1.99. The van der Waals surface area contributed by atoms with E-state index in [-0.39, 0.29) is 0 Å². The third kappa shape index (κ3) is 4.27. The van der Waals surface area contributed by atoms with E-state index in [0.717, 1.165) is 0 Å². The molecule has 2 aromatic rings. The topological polar surface area (TPSA) is 26.3 Å². The van der Waals surface area contributed by atoms with Crippen LogP contribution in [0.3, 0.4) is 0 Å². The van der Waals surface area contributed by atoms with Gasteiger partial charge in [-0.1, -0.05) is 41.6 Å². The van der Waals surface area contributed by atoms with Gasteiger partial charge in [-0.15, -0.1) is 0 Å². The summed E-state index contributed by atoms with van der Waals surface area (Å²) in [5.41, 5.74) is 5.16. The summed E-state index contributed by atoms with van der Waals surface area (Å²) < 4.78 is 18.1. The second kappa shape index (κ2) is 7.36. The van der Waals surface area contributed by atoms with Crippen LogP contribution in [0.25, 0.3) is 0 Å². The van der Waals surface area contributed by atoms with Crippen LogP contribution in [0.15, 0.2) is 36.4 Å². The first-order valence-corrected chi connectivity index (χ1v) is 12.9. The molecule has 0 saturated carbocycles. The van der Waals surface area contributed by atoms with E-state index in [4.69, 9.17) is 4.21 Å². The molecule has 0 aliphatic heterocycles. The average Bonchev–Trinajstić information content (AvgIpc) is 2.45. The van der Waals surface area contributed by atoms with E-state index in [1.165, 1.54) is 32.6 Å². The van der Waals surface area contributed by atoms with Crippen LogP contribution < -0.4 is 10.4 Å². The Morgan fingerprint density at radius 1 is 0.857 bits per heavy atom. The minimum atomic E-state index is -1.86. The van der Waals surface area contributed by atoms with E-state index in [2.05, 4.69) is 64.1 Å². The number of hydrogen-bond donors (Lipinski definition) is 0. The standard InChI is InChI=1S/C16H23O2PSi2/c1-11-7-5-9-15(13(11)3)20-18-19(17)21-16-10-6-8-12(2)14(16)4/h5-10,19H,20-21H2,1-4H3. The lowest BCUT2D eigenvalue weighted by Crippen LogP contribution is -2.22. The van der Waals surface area contributed by atoms with Crippen molar-refractivity contribution in [2.75, 3.05) is 0 Å². The zero-order valence-electron chi connectivity index (χ0n) is 13.2. The fourth-order valence-corrected chi connectivity index (χ4v) is 9.77. The number of benzene rings is 2. The number of aryl methyl sites for hydroxylation is 2. The average molecular weight is 335 g/mol. The second-order valence-corrected chi connectivity index (χ2v) is 12.4. The molecule has 21 heavy (non-hydrogen) atoms. The Morgan fingerprint density at radius 3 is 2.00 bits per heavy atom. The minimum absolute atomic E-state index is 0.816. The molecule has 0 spiro atoms. The Kier molecular flexibility index (Phi) is 5.76. The van der Waals surface area contributed by atoms with E-state index in [0.29, 0.717) is 0 Å². The van der Waals surface area contributed by atoms with Crippen molar-refractivity contribution in [3.63, 3.8) is 0 Å². The van der Waals surface area contributed by atoms with Crippen LogP contribution in [-0.4, -0.2) is 19.0 Å². The highest BCUT2D eigenvalue weighted by atomic mass is 31.4. The zero-order valence-corrected chi connectivity index (χ0v) is 17.0. The van der Waals surface area contributed by atoms with E-state index in [9.17, 15) is 4.57 Å². The molecule has 0 aliphatic carbocycles. The van der Waals surface area contributed by atoms with Gasteiger partial charge in [-0.25, -0.2) is 0 Å². The molecule has 1 atom stereocenters. The molecule has 2 rings (SSSR count). The van der Waals surface area contributed by atoms with Gasteiger partial charge in [-0.05, 0) is 55.1 Å². The molecule has 0 amide bonds.